The molecule has 8 heteroatoms. The fraction of sp³-hybridized carbons (Fsp3) is 0.333. The minimum absolute atomic E-state index is 0.0850. The van der Waals surface area contributed by atoms with Crippen molar-refractivity contribution in [2.45, 2.75) is 30.6 Å². The third-order valence-electron chi connectivity index (χ3n) is 5.25. The highest BCUT2D eigenvalue weighted by Crippen LogP contribution is 2.27. The number of aromatic nitrogens is 2. The van der Waals surface area contributed by atoms with E-state index in [1.54, 1.807) is 19.1 Å². The number of hydrogen-bond acceptors (Lipinski definition) is 4. The first-order valence-corrected chi connectivity index (χ1v) is 11.3. The molecule has 2 N–H and O–H groups in total. The minimum atomic E-state index is -3.52. The molecule has 1 atom stereocenters. The van der Waals surface area contributed by atoms with Crippen molar-refractivity contribution in [2.75, 3.05) is 19.6 Å². The molecular weight excluding hydrogens is 388 g/mol. The van der Waals surface area contributed by atoms with Gasteiger partial charge in [-0.1, -0.05) is 19.1 Å². The van der Waals surface area contributed by atoms with Gasteiger partial charge in [0.05, 0.1) is 15.9 Å². The Kier molecular flexibility index (Phi) is 5.38. The summed E-state index contributed by atoms with van der Waals surface area (Å²) in [5.41, 5.74) is 2.43. The Balaban J connectivity index is 1.50. The summed E-state index contributed by atoms with van der Waals surface area (Å²) in [5.74, 6) is 0.988. The van der Waals surface area contributed by atoms with Crippen molar-refractivity contribution in [3.8, 4) is 0 Å². The zero-order chi connectivity index (χ0) is 20.4. The number of rotatable bonds is 5. The summed E-state index contributed by atoms with van der Waals surface area (Å²) in [7, 11) is -3.52. The van der Waals surface area contributed by atoms with Crippen LogP contribution in [0.15, 0.2) is 53.4 Å². The van der Waals surface area contributed by atoms with Crippen LogP contribution in [0.5, 0.6) is 0 Å². The van der Waals surface area contributed by atoms with E-state index in [4.69, 9.17) is 4.98 Å². The van der Waals surface area contributed by atoms with Crippen LogP contribution in [0.3, 0.4) is 0 Å². The molecule has 0 unspecified atom stereocenters. The monoisotopic (exact) mass is 412 g/mol. The van der Waals surface area contributed by atoms with Gasteiger partial charge in [-0.15, -0.1) is 0 Å². The third kappa shape index (κ3) is 4.04. The lowest BCUT2D eigenvalue weighted by atomic mass is 9.96. The highest BCUT2D eigenvalue weighted by Gasteiger charge is 2.27. The summed E-state index contributed by atoms with van der Waals surface area (Å²) in [6, 6.07) is 14.0. The zero-order valence-corrected chi connectivity index (χ0v) is 17.1. The molecule has 0 aliphatic carbocycles. The first-order valence-electron chi connectivity index (χ1n) is 9.81. The molecule has 1 aliphatic heterocycles. The number of nitrogens with one attached hydrogen (secondary N) is 2. The number of hydrogen-bond donors (Lipinski definition) is 2. The Morgan fingerprint density at radius 1 is 1.21 bits per heavy atom. The van der Waals surface area contributed by atoms with Gasteiger partial charge in [0.25, 0.3) is 5.91 Å². The maximum Gasteiger partial charge on any atom is 0.253 e. The summed E-state index contributed by atoms with van der Waals surface area (Å²) in [5, 5.41) is 0. The van der Waals surface area contributed by atoms with E-state index in [0.717, 1.165) is 29.7 Å². The van der Waals surface area contributed by atoms with E-state index < -0.39 is 10.0 Å². The Hall–Kier alpha value is -2.71. The smallest absolute Gasteiger partial charge is 0.253 e. The van der Waals surface area contributed by atoms with E-state index in [-0.39, 0.29) is 16.7 Å². The number of carbonyl (C=O) groups is 1. The first kappa shape index (κ1) is 19.6. The SMILES string of the molecule is CCNS(=O)(=O)c1ccc(C(=O)N2CCC[C@@H](c3nc4ccccc4[nH]3)C2)cc1. The molecular formula is C21H24N4O3S. The summed E-state index contributed by atoms with van der Waals surface area (Å²) in [6.07, 6.45) is 1.88. The molecule has 0 bridgehead atoms. The average Bonchev–Trinajstić information content (AvgIpc) is 3.18. The van der Waals surface area contributed by atoms with Crippen LogP contribution in [0.4, 0.5) is 0 Å². The van der Waals surface area contributed by atoms with E-state index in [1.807, 2.05) is 29.2 Å². The molecule has 1 aliphatic rings. The van der Waals surface area contributed by atoms with Crippen LogP contribution < -0.4 is 4.72 Å². The number of fused-ring (bicyclic) bond motifs is 1. The van der Waals surface area contributed by atoms with Crippen LogP contribution in [-0.2, 0) is 10.0 Å². The standard InChI is InChI=1S/C21H24N4O3S/c1-2-22-29(27,28)17-11-9-15(10-12-17)21(26)25-13-5-6-16(14-25)20-23-18-7-3-4-8-19(18)24-20/h3-4,7-12,16,22H,2,5-6,13-14H2,1H3,(H,23,24)/t16-/m1/s1. The summed E-state index contributed by atoms with van der Waals surface area (Å²) >= 11 is 0. The summed E-state index contributed by atoms with van der Waals surface area (Å²) < 4.78 is 26.6. The van der Waals surface area contributed by atoms with Crippen LogP contribution >= 0.6 is 0 Å². The highest BCUT2D eigenvalue weighted by molar-refractivity contribution is 7.89. The first-order chi connectivity index (χ1) is 14.0. The van der Waals surface area contributed by atoms with Crippen LogP contribution in [0.25, 0.3) is 11.0 Å². The molecule has 0 radical (unpaired) electrons. The van der Waals surface area contributed by atoms with Crippen LogP contribution in [0.2, 0.25) is 0 Å². The van der Waals surface area contributed by atoms with Gasteiger partial charge in [-0.05, 0) is 49.2 Å². The number of para-hydroxylation sites is 2. The molecule has 1 amide bonds. The Labute approximate surface area is 170 Å². The zero-order valence-electron chi connectivity index (χ0n) is 16.3. The lowest BCUT2D eigenvalue weighted by Gasteiger charge is -2.32. The number of amides is 1. The molecule has 29 heavy (non-hydrogen) atoms. The molecule has 2 aromatic carbocycles. The van der Waals surface area contributed by atoms with E-state index in [9.17, 15) is 13.2 Å². The number of sulfonamides is 1. The fourth-order valence-corrected chi connectivity index (χ4v) is 4.82. The van der Waals surface area contributed by atoms with Crippen molar-refractivity contribution < 1.29 is 13.2 Å². The fourth-order valence-electron chi connectivity index (χ4n) is 3.78. The molecule has 0 spiro atoms. The van der Waals surface area contributed by atoms with Gasteiger partial charge in [0.2, 0.25) is 10.0 Å². The van der Waals surface area contributed by atoms with Crippen LogP contribution in [0.1, 0.15) is 41.9 Å². The maximum atomic E-state index is 13.0. The lowest BCUT2D eigenvalue weighted by Crippen LogP contribution is -2.39. The number of H-pyrrole nitrogens is 1. The Morgan fingerprint density at radius 3 is 2.69 bits per heavy atom. The molecule has 152 valence electrons. The van der Waals surface area contributed by atoms with Gasteiger partial charge in [0, 0.05) is 31.1 Å². The van der Waals surface area contributed by atoms with E-state index in [1.165, 1.54) is 12.1 Å². The molecule has 1 saturated heterocycles. The van der Waals surface area contributed by atoms with Gasteiger partial charge in [0.1, 0.15) is 5.82 Å². The van der Waals surface area contributed by atoms with E-state index >= 15 is 0 Å². The second-order valence-electron chi connectivity index (χ2n) is 7.26. The predicted octanol–water partition coefficient (Wildman–Crippen LogP) is 2.88. The topological polar surface area (TPSA) is 95.2 Å². The molecule has 2 heterocycles. The number of piperidine rings is 1. The largest absolute Gasteiger partial charge is 0.342 e. The van der Waals surface area contributed by atoms with Crippen molar-refractivity contribution in [1.82, 2.24) is 19.6 Å². The third-order valence-corrected chi connectivity index (χ3v) is 6.81. The highest BCUT2D eigenvalue weighted by atomic mass is 32.2. The quantitative estimate of drug-likeness (QED) is 0.674. The Bertz CT molecular complexity index is 1090. The van der Waals surface area contributed by atoms with Gasteiger partial charge < -0.3 is 9.88 Å². The number of carbonyl (C=O) groups excluding carboxylic acids is 1. The van der Waals surface area contributed by atoms with Crippen molar-refractivity contribution in [3.63, 3.8) is 0 Å². The van der Waals surface area contributed by atoms with Gasteiger partial charge in [-0.2, -0.15) is 0 Å². The van der Waals surface area contributed by atoms with Crippen molar-refractivity contribution in [2.24, 2.45) is 0 Å². The van der Waals surface area contributed by atoms with E-state index in [0.29, 0.717) is 25.2 Å². The predicted molar refractivity (Wildman–Crippen MR) is 111 cm³/mol. The normalized spacial score (nSPS) is 17.6. The number of aromatic amines is 1. The number of benzene rings is 2. The van der Waals surface area contributed by atoms with Crippen LogP contribution in [-0.4, -0.2) is 48.8 Å². The summed E-state index contributed by atoms with van der Waals surface area (Å²) in [4.78, 5) is 23.0. The summed E-state index contributed by atoms with van der Waals surface area (Å²) in [6.45, 7) is 3.33. The van der Waals surface area contributed by atoms with Crippen molar-refractivity contribution in [1.29, 1.82) is 0 Å². The van der Waals surface area contributed by atoms with Crippen molar-refractivity contribution in [3.05, 3.63) is 59.9 Å². The second-order valence-corrected chi connectivity index (χ2v) is 9.02. The molecule has 0 saturated carbocycles. The van der Waals surface area contributed by atoms with Gasteiger partial charge in [-0.25, -0.2) is 18.1 Å². The molecule has 4 rings (SSSR count). The van der Waals surface area contributed by atoms with Crippen molar-refractivity contribution >= 4 is 27.0 Å². The number of imidazole rings is 1. The molecule has 7 nitrogen and oxygen atoms in total. The lowest BCUT2D eigenvalue weighted by molar-refractivity contribution is 0.0705. The minimum Gasteiger partial charge on any atom is -0.342 e. The van der Waals surface area contributed by atoms with E-state index in [2.05, 4.69) is 9.71 Å². The van der Waals surface area contributed by atoms with Gasteiger partial charge in [-0.3, -0.25) is 4.79 Å². The average molecular weight is 413 g/mol. The maximum absolute atomic E-state index is 13.0. The van der Waals surface area contributed by atoms with Gasteiger partial charge in [0.15, 0.2) is 0 Å². The van der Waals surface area contributed by atoms with Gasteiger partial charge >= 0.3 is 0 Å². The Morgan fingerprint density at radius 2 is 1.97 bits per heavy atom. The molecule has 3 aromatic rings. The molecule has 1 aromatic heterocycles. The van der Waals surface area contributed by atoms with Crippen LogP contribution in [0, 0.1) is 0 Å². The second kappa shape index (κ2) is 7.96. The number of likely N-dealkylation sites (tertiary alicyclic amines) is 1. The number of nitrogens with zero attached hydrogens (tertiary/aromatic N) is 2. The molecule has 1 fully saturated rings.